The Kier molecular flexibility index (Phi) is 7.68. The van der Waals surface area contributed by atoms with Gasteiger partial charge in [0.25, 0.3) is 0 Å². The number of nitrogens with zero attached hydrogens (tertiary/aromatic N) is 2. The van der Waals surface area contributed by atoms with Gasteiger partial charge in [-0.2, -0.15) is 0 Å². The molecule has 160 valence electrons. The Bertz CT molecular complexity index is 898. The van der Waals surface area contributed by atoms with Gasteiger partial charge in [0.2, 0.25) is 5.91 Å². The molecule has 7 nitrogen and oxygen atoms in total. The highest BCUT2D eigenvalue weighted by Gasteiger charge is 2.29. The first-order valence-electron chi connectivity index (χ1n) is 10.1. The number of aromatic nitrogens is 2. The highest BCUT2D eigenvalue weighted by atomic mass is 32.2. The van der Waals surface area contributed by atoms with Crippen LogP contribution in [0.3, 0.4) is 0 Å². The van der Waals surface area contributed by atoms with Crippen LogP contribution in [-0.2, 0) is 4.79 Å². The predicted molar refractivity (Wildman–Crippen MR) is 116 cm³/mol. The molecule has 1 aliphatic carbocycles. The van der Waals surface area contributed by atoms with Crippen molar-refractivity contribution < 1.29 is 19.1 Å². The summed E-state index contributed by atoms with van der Waals surface area (Å²) >= 11 is 1.28. The van der Waals surface area contributed by atoms with Crippen molar-refractivity contribution in [3.8, 4) is 11.5 Å². The molecule has 2 aromatic rings. The third-order valence-electron chi connectivity index (χ3n) is 4.54. The molecule has 1 fully saturated rings. The second-order valence-corrected chi connectivity index (χ2v) is 8.03. The lowest BCUT2D eigenvalue weighted by Gasteiger charge is -2.11. The molecule has 0 radical (unpaired) electrons. The molecule has 0 aliphatic heterocycles. The number of ether oxygens (including phenoxy) is 2. The van der Waals surface area contributed by atoms with Gasteiger partial charge in [-0.1, -0.05) is 11.8 Å². The highest BCUT2D eigenvalue weighted by Crippen LogP contribution is 2.39. The fraction of sp³-hybridized carbons (Fsp3) is 0.455. The molecule has 0 spiro atoms. The Morgan fingerprint density at radius 3 is 2.40 bits per heavy atom. The van der Waals surface area contributed by atoms with Crippen LogP contribution in [0, 0.1) is 6.92 Å². The first-order valence-corrected chi connectivity index (χ1v) is 11.1. The normalized spacial score (nSPS) is 13.0. The monoisotopic (exact) mass is 429 g/mol. The number of benzene rings is 1. The maximum atomic E-state index is 12.2. The quantitative estimate of drug-likeness (QED) is 0.253. The van der Waals surface area contributed by atoms with E-state index in [1.165, 1.54) is 18.7 Å². The Morgan fingerprint density at radius 2 is 1.80 bits per heavy atom. The average Bonchev–Trinajstić information content (AvgIpc) is 3.56. The number of Topliss-reactive ketones (excluding diaryl/α,β-unsaturated/α-hetero) is 1. The van der Waals surface area contributed by atoms with Gasteiger partial charge in [-0.3, -0.25) is 9.59 Å². The van der Waals surface area contributed by atoms with Crippen LogP contribution in [-0.4, -0.2) is 47.2 Å². The van der Waals surface area contributed by atoms with Gasteiger partial charge >= 0.3 is 0 Å². The van der Waals surface area contributed by atoms with Crippen molar-refractivity contribution in [3.05, 3.63) is 41.3 Å². The van der Waals surface area contributed by atoms with Gasteiger partial charge < -0.3 is 14.8 Å². The van der Waals surface area contributed by atoms with Crippen molar-refractivity contribution in [2.24, 2.45) is 0 Å². The fourth-order valence-electron chi connectivity index (χ4n) is 2.94. The lowest BCUT2D eigenvalue weighted by molar-refractivity contribution is -0.118. The third kappa shape index (κ3) is 6.19. The first kappa shape index (κ1) is 22.1. The van der Waals surface area contributed by atoms with Gasteiger partial charge in [0.1, 0.15) is 29.0 Å². The summed E-state index contributed by atoms with van der Waals surface area (Å²) in [6.45, 7) is 6.64. The molecule has 1 aromatic carbocycles. The standard InChI is InChI=1S/C22H27N3O4S/c1-4-28-17-7-9-18(10-8-17)29-12-11-23-19(27)13-30-22-20(15(3)26)14(2)24-21(25-22)16-5-6-16/h7-10,16H,4-6,11-13H2,1-3H3,(H,23,27). The van der Waals surface area contributed by atoms with Crippen LogP contribution >= 0.6 is 11.8 Å². The van der Waals surface area contributed by atoms with Crippen molar-refractivity contribution >= 4 is 23.5 Å². The first-order chi connectivity index (χ1) is 14.5. The minimum absolute atomic E-state index is 0.0819. The van der Waals surface area contributed by atoms with Crippen LogP contribution in [0.2, 0.25) is 0 Å². The number of amides is 1. The molecule has 1 saturated carbocycles. The molecule has 3 rings (SSSR count). The summed E-state index contributed by atoms with van der Waals surface area (Å²) in [7, 11) is 0. The van der Waals surface area contributed by atoms with Crippen molar-refractivity contribution in [1.29, 1.82) is 0 Å². The van der Waals surface area contributed by atoms with E-state index >= 15 is 0 Å². The van der Waals surface area contributed by atoms with E-state index in [0.29, 0.717) is 42.0 Å². The lowest BCUT2D eigenvalue weighted by Crippen LogP contribution is -2.29. The largest absolute Gasteiger partial charge is 0.494 e. The second kappa shape index (κ2) is 10.4. The highest BCUT2D eigenvalue weighted by molar-refractivity contribution is 8.00. The average molecular weight is 430 g/mol. The van der Waals surface area contributed by atoms with E-state index < -0.39 is 0 Å². The molecular weight excluding hydrogens is 402 g/mol. The maximum Gasteiger partial charge on any atom is 0.230 e. The van der Waals surface area contributed by atoms with Gasteiger partial charge in [0, 0.05) is 5.92 Å². The Hall–Kier alpha value is -2.61. The topological polar surface area (TPSA) is 90.4 Å². The van der Waals surface area contributed by atoms with Crippen LogP contribution in [0.15, 0.2) is 29.3 Å². The summed E-state index contributed by atoms with van der Waals surface area (Å²) in [6.07, 6.45) is 2.16. The van der Waals surface area contributed by atoms with Crippen molar-refractivity contribution in [3.63, 3.8) is 0 Å². The number of hydrogen-bond donors (Lipinski definition) is 1. The molecular formula is C22H27N3O4S. The number of thioether (sulfide) groups is 1. The predicted octanol–water partition coefficient (Wildman–Crippen LogP) is 3.55. The molecule has 0 unspecified atom stereocenters. The van der Waals surface area contributed by atoms with Crippen molar-refractivity contribution in [1.82, 2.24) is 15.3 Å². The minimum atomic E-state index is -0.131. The van der Waals surface area contributed by atoms with Gasteiger partial charge in [0.05, 0.1) is 30.2 Å². The summed E-state index contributed by atoms with van der Waals surface area (Å²) in [5.74, 6) is 2.66. The lowest BCUT2D eigenvalue weighted by atomic mass is 10.2. The Morgan fingerprint density at radius 1 is 1.13 bits per heavy atom. The molecule has 0 saturated heterocycles. The van der Waals surface area contributed by atoms with Crippen LogP contribution in [0.1, 0.15) is 54.5 Å². The van der Waals surface area contributed by atoms with Crippen LogP contribution in [0.5, 0.6) is 11.5 Å². The zero-order valence-electron chi connectivity index (χ0n) is 17.6. The number of ketones is 1. The molecule has 0 atom stereocenters. The van der Waals surface area contributed by atoms with Crippen LogP contribution < -0.4 is 14.8 Å². The van der Waals surface area contributed by atoms with Crippen molar-refractivity contribution in [2.45, 2.75) is 44.6 Å². The molecule has 1 heterocycles. The summed E-state index contributed by atoms with van der Waals surface area (Å²) in [5.41, 5.74) is 1.20. The van der Waals surface area contributed by atoms with Gasteiger partial charge in [-0.05, 0) is 57.9 Å². The van der Waals surface area contributed by atoms with E-state index in [9.17, 15) is 9.59 Å². The summed E-state index contributed by atoms with van der Waals surface area (Å²) in [4.78, 5) is 33.3. The number of rotatable bonds is 11. The van der Waals surface area contributed by atoms with Gasteiger partial charge in [-0.25, -0.2) is 9.97 Å². The zero-order chi connectivity index (χ0) is 21.5. The molecule has 0 bridgehead atoms. The number of aryl methyl sites for hydroxylation is 1. The number of carbonyl (C=O) groups excluding carboxylic acids is 2. The molecule has 1 aromatic heterocycles. The van der Waals surface area contributed by atoms with E-state index in [1.807, 2.05) is 38.1 Å². The molecule has 30 heavy (non-hydrogen) atoms. The number of hydrogen-bond acceptors (Lipinski definition) is 7. The van der Waals surface area contributed by atoms with E-state index in [1.54, 1.807) is 0 Å². The third-order valence-corrected chi connectivity index (χ3v) is 5.51. The SMILES string of the molecule is CCOc1ccc(OCCNC(=O)CSc2nc(C3CC3)nc(C)c2C(C)=O)cc1. The molecule has 1 amide bonds. The molecule has 1 aliphatic rings. The van der Waals surface area contributed by atoms with E-state index in [2.05, 4.69) is 15.3 Å². The summed E-state index contributed by atoms with van der Waals surface area (Å²) in [6, 6.07) is 7.36. The van der Waals surface area contributed by atoms with Crippen molar-refractivity contribution in [2.75, 3.05) is 25.5 Å². The summed E-state index contributed by atoms with van der Waals surface area (Å²) < 4.78 is 11.0. The van der Waals surface area contributed by atoms with Crippen LogP contribution in [0.4, 0.5) is 0 Å². The van der Waals surface area contributed by atoms with Crippen LogP contribution in [0.25, 0.3) is 0 Å². The fourth-order valence-corrected chi connectivity index (χ4v) is 3.91. The van der Waals surface area contributed by atoms with E-state index in [-0.39, 0.29) is 17.4 Å². The van der Waals surface area contributed by atoms with Gasteiger partial charge in [-0.15, -0.1) is 0 Å². The smallest absolute Gasteiger partial charge is 0.230 e. The number of carbonyl (C=O) groups is 2. The molecule has 1 N–H and O–H groups in total. The van der Waals surface area contributed by atoms with E-state index in [4.69, 9.17) is 9.47 Å². The number of nitrogens with one attached hydrogen (secondary N) is 1. The van der Waals surface area contributed by atoms with E-state index in [0.717, 1.165) is 30.2 Å². The second-order valence-electron chi connectivity index (χ2n) is 7.07. The summed E-state index contributed by atoms with van der Waals surface area (Å²) in [5, 5.41) is 3.43. The Balaban J connectivity index is 1.46. The molecule has 8 heteroatoms. The Labute approximate surface area is 181 Å². The minimum Gasteiger partial charge on any atom is -0.494 e. The van der Waals surface area contributed by atoms with Gasteiger partial charge in [0.15, 0.2) is 5.78 Å². The zero-order valence-corrected chi connectivity index (χ0v) is 18.4. The maximum absolute atomic E-state index is 12.2.